The van der Waals surface area contributed by atoms with Gasteiger partial charge in [0.2, 0.25) is 5.91 Å². The van der Waals surface area contributed by atoms with Crippen molar-refractivity contribution < 1.29 is 24.2 Å². The van der Waals surface area contributed by atoms with E-state index in [1.165, 1.54) is 11.3 Å². The number of thiophene rings is 1. The summed E-state index contributed by atoms with van der Waals surface area (Å²) in [6.07, 6.45) is 2.65. The van der Waals surface area contributed by atoms with Crippen LogP contribution in [0.25, 0.3) is 0 Å². The largest absolute Gasteiger partial charge is 0.495 e. The van der Waals surface area contributed by atoms with Crippen molar-refractivity contribution in [3.63, 3.8) is 0 Å². The van der Waals surface area contributed by atoms with Crippen LogP contribution in [0.1, 0.15) is 53.9 Å². The lowest BCUT2D eigenvalue weighted by atomic mass is 9.88. The molecule has 3 rings (SSSR count). The molecule has 0 saturated carbocycles. The van der Waals surface area contributed by atoms with E-state index < -0.39 is 5.97 Å². The lowest BCUT2D eigenvalue weighted by Crippen LogP contribution is -2.21. The predicted octanol–water partition coefficient (Wildman–Crippen LogP) is 4.57. The van der Waals surface area contributed by atoms with Gasteiger partial charge in [0.1, 0.15) is 10.8 Å². The molecule has 2 amide bonds. The molecule has 1 aliphatic rings. The van der Waals surface area contributed by atoms with Gasteiger partial charge in [-0.05, 0) is 48.8 Å². The molecule has 1 heterocycles. The Bertz CT molecular complexity index is 984. The molecule has 8 heteroatoms. The number of anilines is 2. The van der Waals surface area contributed by atoms with Crippen molar-refractivity contribution in [2.24, 2.45) is 11.8 Å². The summed E-state index contributed by atoms with van der Waals surface area (Å²) in [6.45, 7) is 3.91. The number of carbonyl (C=O) groups is 3. The molecule has 7 nitrogen and oxygen atoms in total. The van der Waals surface area contributed by atoms with E-state index in [-0.39, 0.29) is 30.6 Å². The minimum Gasteiger partial charge on any atom is -0.495 e. The Morgan fingerprint density at radius 1 is 1.23 bits per heavy atom. The zero-order valence-electron chi connectivity index (χ0n) is 18.0. The molecule has 0 unspecified atom stereocenters. The average Bonchev–Trinajstić information content (AvgIpc) is 3.04. The van der Waals surface area contributed by atoms with Gasteiger partial charge in [0.25, 0.3) is 5.91 Å². The highest BCUT2D eigenvalue weighted by atomic mass is 32.1. The summed E-state index contributed by atoms with van der Waals surface area (Å²) in [6, 6.07) is 7.18. The molecule has 1 aliphatic carbocycles. The molecule has 1 aromatic carbocycles. The molecule has 2 atom stereocenters. The van der Waals surface area contributed by atoms with Crippen LogP contribution in [-0.4, -0.2) is 30.0 Å². The van der Waals surface area contributed by atoms with Gasteiger partial charge in [0, 0.05) is 17.7 Å². The van der Waals surface area contributed by atoms with Gasteiger partial charge >= 0.3 is 5.97 Å². The number of aliphatic carboxylic acids is 1. The van der Waals surface area contributed by atoms with Crippen molar-refractivity contribution in [1.29, 1.82) is 0 Å². The second kappa shape index (κ2) is 9.96. The van der Waals surface area contributed by atoms with Crippen molar-refractivity contribution in [1.82, 2.24) is 0 Å². The van der Waals surface area contributed by atoms with Crippen molar-refractivity contribution in [2.75, 3.05) is 17.7 Å². The number of para-hydroxylation sites is 2. The van der Waals surface area contributed by atoms with Gasteiger partial charge < -0.3 is 20.5 Å². The molecule has 31 heavy (non-hydrogen) atoms. The first kappa shape index (κ1) is 22.8. The van der Waals surface area contributed by atoms with Gasteiger partial charge in [0.05, 0.1) is 18.4 Å². The average molecular weight is 445 g/mol. The third kappa shape index (κ3) is 5.64. The molecule has 0 bridgehead atoms. The van der Waals surface area contributed by atoms with Crippen molar-refractivity contribution >= 4 is 39.8 Å². The van der Waals surface area contributed by atoms with Crippen molar-refractivity contribution in [3.8, 4) is 5.75 Å². The van der Waals surface area contributed by atoms with E-state index in [9.17, 15) is 14.4 Å². The summed E-state index contributed by atoms with van der Waals surface area (Å²) in [4.78, 5) is 37.9. The van der Waals surface area contributed by atoms with Gasteiger partial charge in [-0.3, -0.25) is 14.4 Å². The Labute approximate surface area is 185 Å². The van der Waals surface area contributed by atoms with Crippen molar-refractivity contribution in [3.05, 3.63) is 40.3 Å². The molecule has 166 valence electrons. The van der Waals surface area contributed by atoms with Gasteiger partial charge in [-0.2, -0.15) is 0 Å². The number of ether oxygens (including phenoxy) is 1. The third-order valence-electron chi connectivity index (χ3n) is 5.40. The van der Waals surface area contributed by atoms with E-state index in [2.05, 4.69) is 17.6 Å². The van der Waals surface area contributed by atoms with E-state index in [0.717, 1.165) is 29.7 Å². The number of carbonyl (C=O) groups excluding carboxylic acids is 2. The minimum absolute atomic E-state index is 0.0764. The summed E-state index contributed by atoms with van der Waals surface area (Å²) in [5, 5.41) is 15.3. The number of benzene rings is 1. The van der Waals surface area contributed by atoms with Crippen LogP contribution in [0.5, 0.6) is 5.75 Å². The van der Waals surface area contributed by atoms with Crippen LogP contribution in [0.3, 0.4) is 0 Å². The van der Waals surface area contributed by atoms with E-state index in [4.69, 9.17) is 9.84 Å². The van der Waals surface area contributed by atoms with Crippen LogP contribution in [0.2, 0.25) is 0 Å². The monoisotopic (exact) mass is 444 g/mol. The van der Waals surface area contributed by atoms with Gasteiger partial charge in [-0.1, -0.05) is 26.0 Å². The highest BCUT2D eigenvalue weighted by Crippen LogP contribution is 2.40. The number of methoxy groups -OCH3 is 1. The first-order valence-electron chi connectivity index (χ1n) is 10.4. The molecular formula is C23H28N2O5S. The smallest absolute Gasteiger partial charge is 0.303 e. The number of amides is 2. The number of rotatable bonds is 8. The molecule has 0 saturated heterocycles. The number of hydrogen-bond donors (Lipinski definition) is 3. The number of fused-ring (bicyclic) bond motifs is 1. The van der Waals surface area contributed by atoms with Crippen LogP contribution in [0.15, 0.2) is 24.3 Å². The first-order valence-corrected chi connectivity index (χ1v) is 11.2. The van der Waals surface area contributed by atoms with Crippen LogP contribution in [0, 0.1) is 11.8 Å². The van der Waals surface area contributed by atoms with Crippen LogP contribution < -0.4 is 15.4 Å². The molecular weight excluding hydrogens is 416 g/mol. The van der Waals surface area contributed by atoms with E-state index in [0.29, 0.717) is 27.9 Å². The lowest BCUT2D eigenvalue weighted by Gasteiger charge is -2.19. The maximum Gasteiger partial charge on any atom is 0.303 e. The fraction of sp³-hybridized carbons (Fsp3) is 0.435. The molecule has 0 radical (unpaired) electrons. The summed E-state index contributed by atoms with van der Waals surface area (Å²) < 4.78 is 5.33. The second-order valence-electron chi connectivity index (χ2n) is 8.17. The standard InChI is InChI=1S/C23H28N2O5S/c1-13-8-9-15-18(10-13)31-23(25-19(26)11-14(2)12-20(27)28)21(15)22(29)24-16-6-4-5-7-17(16)30-3/h4-7,13-14H,8-12H2,1-3H3,(H,24,29)(H,25,26)(H,27,28)/t13-,14-/m0/s1. The Balaban J connectivity index is 1.86. The number of hydrogen-bond acceptors (Lipinski definition) is 5. The Kier molecular flexibility index (Phi) is 7.33. The molecule has 0 aliphatic heterocycles. The Hall–Kier alpha value is -2.87. The summed E-state index contributed by atoms with van der Waals surface area (Å²) in [5.74, 6) is -0.718. The predicted molar refractivity (Wildman–Crippen MR) is 121 cm³/mol. The zero-order chi connectivity index (χ0) is 22.5. The summed E-state index contributed by atoms with van der Waals surface area (Å²) >= 11 is 1.44. The number of nitrogens with one attached hydrogen (secondary N) is 2. The SMILES string of the molecule is COc1ccccc1NC(=O)c1c(NC(=O)C[C@H](C)CC(=O)O)sc2c1CC[C@H](C)C2. The fourth-order valence-corrected chi connectivity index (χ4v) is 5.30. The summed E-state index contributed by atoms with van der Waals surface area (Å²) in [5.41, 5.74) is 2.05. The maximum atomic E-state index is 13.3. The van der Waals surface area contributed by atoms with Gasteiger partial charge in [-0.15, -0.1) is 11.3 Å². The number of carboxylic acids is 1. The van der Waals surface area contributed by atoms with E-state index in [1.807, 2.05) is 12.1 Å². The van der Waals surface area contributed by atoms with Crippen LogP contribution in [-0.2, 0) is 22.4 Å². The topological polar surface area (TPSA) is 105 Å². The van der Waals surface area contributed by atoms with Gasteiger partial charge in [-0.25, -0.2) is 0 Å². The second-order valence-corrected chi connectivity index (χ2v) is 9.27. The normalized spacial score (nSPS) is 16.2. The first-order chi connectivity index (χ1) is 14.8. The highest BCUT2D eigenvalue weighted by molar-refractivity contribution is 7.17. The molecule has 2 aromatic rings. The van der Waals surface area contributed by atoms with E-state index >= 15 is 0 Å². The van der Waals surface area contributed by atoms with E-state index in [1.54, 1.807) is 26.2 Å². The molecule has 0 spiro atoms. The molecule has 3 N–H and O–H groups in total. The summed E-state index contributed by atoms with van der Waals surface area (Å²) in [7, 11) is 1.54. The Morgan fingerprint density at radius 2 is 1.97 bits per heavy atom. The fourth-order valence-electron chi connectivity index (χ4n) is 3.88. The van der Waals surface area contributed by atoms with Crippen molar-refractivity contribution in [2.45, 2.75) is 46.0 Å². The number of carboxylic acid groups (broad SMARTS) is 1. The highest BCUT2D eigenvalue weighted by Gasteiger charge is 2.29. The van der Waals surface area contributed by atoms with Crippen LogP contribution in [0.4, 0.5) is 10.7 Å². The zero-order valence-corrected chi connectivity index (χ0v) is 18.8. The third-order valence-corrected chi connectivity index (χ3v) is 6.57. The Morgan fingerprint density at radius 3 is 2.68 bits per heavy atom. The quantitative estimate of drug-likeness (QED) is 0.553. The van der Waals surface area contributed by atoms with Gasteiger partial charge in [0.15, 0.2) is 0 Å². The lowest BCUT2D eigenvalue weighted by molar-refractivity contribution is -0.138. The minimum atomic E-state index is -0.933. The molecule has 1 aromatic heterocycles. The molecule has 0 fully saturated rings. The maximum absolute atomic E-state index is 13.3. The van der Waals surface area contributed by atoms with Crippen LogP contribution >= 0.6 is 11.3 Å².